The second-order valence-electron chi connectivity index (χ2n) is 5.89. The molecule has 0 radical (unpaired) electrons. The van der Waals surface area contributed by atoms with E-state index < -0.39 is 67.8 Å². The van der Waals surface area contributed by atoms with Crippen molar-refractivity contribution in [1.29, 1.82) is 0 Å². The topological polar surface area (TPSA) is 185 Å². The molecule has 1 fully saturated rings. The van der Waals surface area contributed by atoms with Crippen LogP contribution in [0.2, 0.25) is 0 Å². The minimum absolute atomic E-state index is 0.0192. The van der Waals surface area contributed by atoms with Crippen LogP contribution in [0.3, 0.4) is 0 Å². The van der Waals surface area contributed by atoms with Crippen LogP contribution >= 0.6 is 0 Å². The Morgan fingerprint density at radius 3 is 2.05 bits per heavy atom. The van der Waals surface area contributed by atoms with Gasteiger partial charge >= 0.3 is 0 Å². The molecule has 0 heterocycles. The molecule has 0 bridgehead atoms. The summed E-state index contributed by atoms with van der Waals surface area (Å²) < 4.78 is 0. The highest BCUT2D eigenvalue weighted by Gasteiger charge is 2.45. The average molecular weight is 325 g/mol. The Morgan fingerprint density at radius 1 is 0.955 bits per heavy atom. The van der Waals surface area contributed by atoms with Crippen LogP contribution in [0.4, 0.5) is 0 Å². The summed E-state index contributed by atoms with van der Waals surface area (Å²) in [6, 6.07) is 0. The number of aliphatic hydroxyl groups excluding tert-OH is 8. The maximum Gasteiger partial charge on any atom is 0.102 e. The van der Waals surface area contributed by atoms with Gasteiger partial charge in [-0.05, 0) is 18.8 Å². The number of aliphatic hydroxyl groups is 8. The first-order valence-corrected chi connectivity index (χ1v) is 7.20. The lowest BCUT2D eigenvalue weighted by Crippen LogP contribution is -2.54. The van der Waals surface area contributed by atoms with E-state index >= 15 is 0 Å². The molecule has 9 heteroatoms. The third-order valence-electron chi connectivity index (χ3n) is 4.35. The SMILES string of the molecule is [O-][C@@H]([C@H](O)[C@H](O)CO)[C@@H](O)C[C@H]1C[C@@H](O)[C@@H](O)[C@@H]1[C@H](O)CO. The molecule has 8 N–H and O–H groups in total. The lowest BCUT2D eigenvalue weighted by Gasteiger charge is -2.37. The molecular weight excluding hydrogens is 300 g/mol. The molecular formula is C13H25O9-. The molecule has 0 aromatic rings. The standard InChI is InChI=1S/C13H25O9/c14-3-8(18)10-5(1-6(16)11(10)20)2-7(17)12(21)13(22)9(19)4-15/h5-20,22H,1-4H2/q-1/t5-,6-,7+,8-,9-,10+,11-,12-,13-/m1/s1. The van der Waals surface area contributed by atoms with Crippen molar-refractivity contribution in [2.75, 3.05) is 13.2 Å². The van der Waals surface area contributed by atoms with Gasteiger partial charge in [0.25, 0.3) is 0 Å². The third kappa shape index (κ3) is 4.34. The van der Waals surface area contributed by atoms with Gasteiger partial charge in [0.05, 0.1) is 37.6 Å². The van der Waals surface area contributed by atoms with Crippen LogP contribution in [0.15, 0.2) is 0 Å². The minimum atomic E-state index is -2.00. The molecule has 9 nitrogen and oxygen atoms in total. The van der Waals surface area contributed by atoms with Crippen molar-refractivity contribution in [3.8, 4) is 0 Å². The van der Waals surface area contributed by atoms with E-state index in [1.54, 1.807) is 0 Å². The Hall–Kier alpha value is -0.360. The summed E-state index contributed by atoms with van der Waals surface area (Å²) in [5.41, 5.74) is 0. The minimum Gasteiger partial charge on any atom is -0.848 e. The van der Waals surface area contributed by atoms with Crippen molar-refractivity contribution in [2.24, 2.45) is 11.8 Å². The highest BCUT2D eigenvalue weighted by atomic mass is 16.4. The van der Waals surface area contributed by atoms with E-state index in [2.05, 4.69) is 0 Å². The lowest BCUT2D eigenvalue weighted by atomic mass is 9.84. The van der Waals surface area contributed by atoms with Crippen LogP contribution < -0.4 is 5.11 Å². The molecule has 0 amide bonds. The first kappa shape index (κ1) is 19.7. The zero-order valence-electron chi connectivity index (χ0n) is 12.0. The monoisotopic (exact) mass is 325 g/mol. The van der Waals surface area contributed by atoms with Crippen LogP contribution in [0.1, 0.15) is 12.8 Å². The van der Waals surface area contributed by atoms with Gasteiger partial charge in [-0.15, -0.1) is 0 Å². The van der Waals surface area contributed by atoms with Crippen molar-refractivity contribution in [2.45, 2.75) is 55.6 Å². The van der Waals surface area contributed by atoms with Gasteiger partial charge in [0.15, 0.2) is 0 Å². The Bertz CT molecular complexity index is 329. The summed E-state index contributed by atoms with van der Waals surface area (Å²) in [6.45, 7) is -1.48. The lowest BCUT2D eigenvalue weighted by molar-refractivity contribution is -0.460. The fourth-order valence-electron chi connectivity index (χ4n) is 3.06. The predicted octanol–water partition coefficient (Wildman–Crippen LogP) is -5.11. The molecule has 132 valence electrons. The summed E-state index contributed by atoms with van der Waals surface area (Å²) in [6.07, 6.45) is -11.2. The van der Waals surface area contributed by atoms with Gasteiger partial charge in [0.2, 0.25) is 0 Å². The first-order valence-electron chi connectivity index (χ1n) is 7.20. The number of hydrogen-bond acceptors (Lipinski definition) is 9. The van der Waals surface area contributed by atoms with E-state index in [1.807, 2.05) is 0 Å². The molecule has 0 aromatic heterocycles. The fraction of sp³-hybridized carbons (Fsp3) is 1.00. The van der Waals surface area contributed by atoms with Crippen LogP contribution in [-0.2, 0) is 0 Å². The van der Waals surface area contributed by atoms with Crippen molar-refractivity contribution >= 4 is 0 Å². The molecule has 22 heavy (non-hydrogen) atoms. The van der Waals surface area contributed by atoms with Gasteiger partial charge in [0, 0.05) is 12.0 Å². The second kappa shape index (κ2) is 8.48. The van der Waals surface area contributed by atoms with E-state index in [1.165, 1.54) is 0 Å². The maximum absolute atomic E-state index is 11.8. The smallest absolute Gasteiger partial charge is 0.102 e. The molecule has 0 aromatic carbocycles. The van der Waals surface area contributed by atoms with Crippen molar-refractivity contribution in [3.63, 3.8) is 0 Å². The zero-order chi connectivity index (χ0) is 17.0. The highest BCUT2D eigenvalue weighted by Crippen LogP contribution is 2.38. The molecule has 0 unspecified atom stereocenters. The van der Waals surface area contributed by atoms with Gasteiger partial charge in [0.1, 0.15) is 6.10 Å². The van der Waals surface area contributed by atoms with E-state index in [9.17, 15) is 35.7 Å². The summed E-state index contributed by atoms with van der Waals surface area (Å²) in [4.78, 5) is 0. The van der Waals surface area contributed by atoms with E-state index in [0.29, 0.717) is 0 Å². The molecule has 1 aliphatic rings. The van der Waals surface area contributed by atoms with Crippen molar-refractivity contribution in [3.05, 3.63) is 0 Å². The van der Waals surface area contributed by atoms with Gasteiger partial charge in [-0.3, -0.25) is 0 Å². The largest absolute Gasteiger partial charge is 0.848 e. The quantitative estimate of drug-likeness (QED) is 0.216. The Morgan fingerprint density at radius 2 is 1.55 bits per heavy atom. The zero-order valence-corrected chi connectivity index (χ0v) is 12.0. The Labute approximate surface area is 127 Å². The Kier molecular flexibility index (Phi) is 7.59. The van der Waals surface area contributed by atoms with Crippen molar-refractivity contribution < 1.29 is 46.0 Å². The number of hydrogen-bond donors (Lipinski definition) is 8. The molecule has 0 aliphatic heterocycles. The van der Waals surface area contributed by atoms with Gasteiger partial charge < -0.3 is 46.0 Å². The summed E-state index contributed by atoms with van der Waals surface area (Å²) in [5, 5.41) is 87.2. The predicted molar refractivity (Wildman–Crippen MR) is 70.2 cm³/mol. The van der Waals surface area contributed by atoms with Gasteiger partial charge in [-0.1, -0.05) is 6.10 Å². The van der Waals surface area contributed by atoms with E-state index in [4.69, 9.17) is 10.2 Å². The summed E-state index contributed by atoms with van der Waals surface area (Å²) in [7, 11) is 0. The van der Waals surface area contributed by atoms with E-state index in [0.717, 1.165) is 0 Å². The average Bonchev–Trinajstić information content (AvgIpc) is 2.78. The molecule has 0 spiro atoms. The van der Waals surface area contributed by atoms with E-state index in [-0.39, 0.29) is 12.8 Å². The highest BCUT2D eigenvalue weighted by molar-refractivity contribution is 4.96. The van der Waals surface area contributed by atoms with Crippen molar-refractivity contribution in [1.82, 2.24) is 0 Å². The number of rotatable bonds is 8. The van der Waals surface area contributed by atoms with Crippen LogP contribution in [-0.4, -0.2) is 96.8 Å². The second-order valence-corrected chi connectivity index (χ2v) is 5.89. The first-order chi connectivity index (χ1) is 10.2. The molecule has 1 rings (SSSR count). The summed E-state index contributed by atoms with van der Waals surface area (Å²) in [5.74, 6) is -1.56. The van der Waals surface area contributed by atoms with Gasteiger partial charge in [-0.25, -0.2) is 0 Å². The molecule has 1 aliphatic carbocycles. The summed E-state index contributed by atoms with van der Waals surface area (Å²) >= 11 is 0. The molecule has 1 saturated carbocycles. The fourth-order valence-corrected chi connectivity index (χ4v) is 3.06. The maximum atomic E-state index is 11.8. The van der Waals surface area contributed by atoms with Crippen LogP contribution in [0, 0.1) is 11.8 Å². The normalized spacial score (nSPS) is 35.9. The van der Waals surface area contributed by atoms with Crippen LogP contribution in [0.25, 0.3) is 0 Å². The van der Waals surface area contributed by atoms with Gasteiger partial charge in [-0.2, -0.15) is 0 Å². The molecule has 0 saturated heterocycles. The third-order valence-corrected chi connectivity index (χ3v) is 4.35. The Balaban J connectivity index is 2.71. The van der Waals surface area contributed by atoms with Crippen LogP contribution in [0.5, 0.6) is 0 Å². The molecule has 9 atom stereocenters.